The number of hydrogen-bond donors (Lipinski definition) is 0. The molecule has 5 rings (SSSR count). The molecule has 2 heteroatoms. The second kappa shape index (κ2) is 4.37. The lowest BCUT2D eigenvalue weighted by molar-refractivity contribution is 0.661. The summed E-state index contributed by atoms with van der Waals surface area (Å²) in [7, 11) is 0. The monoisotopic (exact) mass is 334 g/mol. The van der Waals surface area contributed by atoms with E-state index in [0.717, 1.165) is 5.02 Å². The van der Waals surface area contributed by atoms with E-state index in [1.54, 1.807) is 0 Å². The molecule has 1 aliphatic rings. The first kappa shape index (κ1) is 13.6. The Morgan fingerprint density at radius 1 is 0.826 bits per heavy atom. The molecule has 0 aliphatic heterocycles. The smallest absolute Gasteiger partial charge is 0.0487 e. The molecule has 3 aromatic carbocycles. The standard InChI is InChI=1S/C21H15ClS/c1-21(2)15-7-5-8-17(22)20(15)14-11-19-13(10-16(14)21)12-6-3-4-9-18(12)23-19/h3-11H,1-2H3. The molecule has 1 aliphatic carbocycles. The van der Waals surface area contributed by atoms with Crippen LogP contribution in [0.25, 0.3) is 31.3 Å². The fourth-order valence-electron chi connectivity index (χ4n) is 3.96. The predicted octanol–water partition coefficient (Wildman–Crippen LogP) is 7.01. The number of halogens is 1. The Bertz CT molecular complexity index is 1100. The van der Waals surface area contributed by atoms with Crippen molar-refractivity contribution in [1.29, 1.82) is 0 Å². The Hall–Kier alpha value is -1.83. The van der Waals surface area contributed by atoms with Crippen LogP contribution in [0, 0.1) is 0 Å². The summed E-state index contributed by atoms with van der Waals surface area (Å²) < 4.78 is 2.69. The molecule has 0 radical (unpaired) electrons. The molecular formula is C21H15ClS. The topological polar surface area (TPSA) is 0 Å². The Balaban J connectivity index is 1.96. The Morgan fingerprint density at radius 3 is 2.52 bits per heavy atom. The fraction of sp³-hybridized carbons (Fsp3) is 0.143. The molecule has 0 saturated heterocycles. The SMILES string of the molecule is CC1(C)c2cc3c(cc2-c2c(Cl)cccc21)sc1ccccc13. The van der Waals surface area contributed by atoms with E-state index in [1.807, 2.05) is 17.4 Å². The third-order valence-corrected chi connectivity index (χ3v) is 6.60. The first-order chi connectivity index (χ1) is 11.1. The van der Waals surface area contributed by atoms with E-state index in [2.05, 4.69) is 62.4 Å². The molecule has 0 nitrogen and oxygen atoms in total. The quantitative estimate of drug-likeness (QED) is 0.324. The molecule has 0 atom stereocenters. The average molecular weight is 335 g/mol. The van der Waals surface area contributed by atoms with Crippen LogP contribution < -0.4 is 0 Å². The van der Waals surface area contributed by atoms with Gasteiger partial charge in [0.15, 0.2) is 0 Å². The van der Waals surface area contributed by atoms with Gasteiger partial charge >= 0.3 is 0 Å². The molecule has 23 heavy (non-hydrogen) atoms. The molecule has 1 heterocycles. The maximum Gasteiger partial charge on any atom is 0.0487 e. The van der Waals surface area contributed by atoms with Gasteiger partial charge in [-0.25, -0.2) is 0 Å². The van der Waals surface area contributed by atoms with Gasteiger partial charge in [0.25, 0.3) is 0 Å². The molecule has 0 saturated carbocycles. The van der Waals surface area contributed by atoms with Crippen LogP contribution in [-0.4, -0.2) is 0 Å². The summed E-state index contributed by atoms with van der Waals surface area (Å²) in [6.45, 7) is 4.60. The zero-order valence-electron chi connectivity index (χ0n) is 13.0. The highest BCUT2D eigenvalue weighted by Crippen LogP contribution is 2.53. The van der Waals surface area contributed by atoms with Gasteiger partial charge in [-0.05, 0) is 41.0 Å². The van der Waals surface area contributed by atoms with Gasteiger partial charge in [-0.2, -0.15) is 0 Å². The van der Waals surface area contributed by atoms with Crippen molar-refractivity contribution in [2.24, 2.45) is 0 Å². The lowest BCUT2D eigenvalue weighted by atomic mass is 9.82. The summed E-state index contributed by atoms with van der Waals surface area (Å²) in [6.07, 6.45) is 0. The van der Waals surface area contributed by atoms with E-state index < -0.39 is 0 Å². The first-order valence-corrected chi connectivity index (χ1v) is 9.02. The molecule has 0 unspecified atom stereocenters. The molecule has 0 amide bonds. The van der Waals surface area contributed by atoms with E-state index in [1.165, 1.54) is 42.4 Å². The van der Waals surface area contributed by atoms with E-state index in [4.69, 9.17) is 11.6 Å². The maximum atomic E-state index is 6.56. The summed E-state index contributed by atoms with van der Waals surface area (Å²) in [5.74, 6) is 0. The van der Waals surface area contributed by atoms with Crippen molar-refractivity contribution in [1.82, 2.24) is 0 Å². The van der Waals surface area contributed by atoms with Crippen LogP contribution in [0.15, 0.2) is 54.6 Å². The molecule has 0 spiro atoms. The van der Waals surface area contributed by atoms with Crippen molar-refractivity contribution >= 4 is 43.1 Å². The van der Waals surface area contributed by atoms with Crippen molar-refractivity contribution in [3.05, 3.63) is 70.7 Å². The van der Waals surface area contributed by atoms with Gasteiger partial charge < -0.3 is 0 Å². The molecule has 0 fully saturated rings. The highest BCUT2D eigenvalue weighted by atomic mass is 35.5. The number of thiophene rings is 1. The molecule has 4 aromatic rings. The third kappa shape index (κ3) is 1.67. The van der Waals surface area contributed by atoms with Crippen molar-refractivity contribution < 1.29 is 0 Å². The van der Waals surface area contributed by atoms with E-state index in [9.17, 15) is 0 Å². The molecule has 0 bridgehead atoms. The number of hydrogen-bond acceptors (Lipinski definition) is 1. The van der Waals surface area contributed by atoms with Gasteiger partial charge in [-0.15, -0.1) is 11.3 Å². The summed E-state index contributed by atoms with van der Waals surface area (Å²) >= 11 is 8.42. The van der Waals surface area contributed by atoms with E-state index >= 15 is 0 Å². The zero-order chi connectivity index (χ0) is 15.8. The van der Waals surface area contributed by atoms with Crippen LogP contribution in [0.2, 0.25) is 5.02 Å². The highest BCUT2D eigenvalue weighted by Gasteiger charge is 2.37. The maximum absolute atomic E-state index is 6.56. The van der Waals surface area contributed by atoms with Crippen LogP contribution in [-0.2, 0) is 5.41 Å². The number of fused-ring (bicyclic) bond motifs is 6. The van der Waals surface area contributed by atoms with Crippen molar-refractivity contribution in [2.75, 3.05) is 0 Å². The average Bonchev–Trinajstić information content (AvgIpc) is 3.00. The van der Waals surface area contributed by atoms with Gasteiger partial charge in [0.2, 0.25) is 0 Å². The van der Waals surface area contributed by atoms with Crippen LogP contribution >= 0.6 is 22.9 Å². The molecule has 0 N–H and O–H groups in total. The Kier molecular flexibility index (Phi) is 2.58. The lowest BCUT2D eigenvalue weighted by Crippen LogP contribution is -2.14. The summed E-state index contributed by atoms with van der Waals surface area (Å²) in [6, 6.07) is 19.7. The van der Waals surface area contributed by atoms with Crippen LogP contribution in [0.4, 0.5) is 0 Å². The molecular weight excluding hydrogens is 320 g/mol. The Labute approximate surface area is 144 Å². The number of rotatable bonds is 0. The second-order valence-corrected chi connectivity index (χ2v) is 8.27. The lowest BCUT2D eigenvalue weighted by Gasteiger charge is -2.21. The molecule has 112 valence electrons. The fourth-order valence-corrected chi connectivity index (χ4v) is 5.36. The van der Waals surface area contributed by atoms with Crippen LogP contribution in [0.5, 0.6) is 0 Å². The summed E-state index contributed by atoms with van der Waals surface area (Å²) in [5.41, 5.74) is 5.23. The van der Waals surface area contributed by atoms with Crippen molar-refractivity contribution in [3.8, 4) is 11.1 Å². The van der Waals surface area contributed by atoms with Crippen molar-refractivity contribution in [3.63, 3.8) is 0 Å². The van der Waals surface area contributed by atoms with Gasteiger partial charge in [-0.1, -0.05) is 55.8 Å². The highest BCUT2D eigenvalue weighted by molar-refractivity contribution is 7.25. The van der Waals surface area contributed by atoms with Gasteiger partial charge in [0, 0.05) is 36.2 Å². The van der Waals surface area contributed by atoms with Gasteiger partial charge in [0.05, 0.1) is 0 Å². The summed E-state index contributed by atoms with van der Waals surface area (Å²) in [4.78, 5) is 0. The van der Waals surface area contributed by atoms with Crippen LogP contribution in [0.1, 0.15) is 25.0 Å². The predicted molar refractivity (Wildman–Crippen MR) is 102 cm³/mol. The van der Waals surface area contributed by atoms with E-state index in [-0.39, 0.29) is 5.41 Å². The largest absolute Gasteiger partial charge is 0.135 e. The summed E-state index contributed by atoms with van der Waals surface area (Å²) in [5, 5.41) is 3.57. The minimum absolute atomic E-state index is 0.00715. The van der Waals surface area contributed by atoms with Crippen molar-refractivity contribution in [2.45, 2.75) is 19.3 Å². The van der Waals surface area contributed by atoms with E-state index in [0.29, 0.717) is 0 Å². The minimum Gasteiger partial charge on any atom is -0.135 e. The van der Waals surface area contributed by atoms with Gasteiger partial charge in [-0.3, -0.25) is 0 Å². The Morgan fingerprint density at radius 2 is 1.65 bits per heavy atom. The normalized spacial score (nSPS) is 15.1. The second-order valence-electron chi connectivity index (χ2n) is 6.78. The number of benzene rings is 3. The van der Waals surface area contributed by atoms with Crippen LogP contribution in [0.3, 0.4) is 0 Å². The molecule has 1 aromatic heterocycles. The third-order valence-electron chi connectivity index (χ3n) is 5.15. The minimum atomic E-state index is -0.00715. The first-order valence-electron chi connectivity index (χ1n) is 7.82. The van der Waals surface area contributed by atoms with Gasteiger partial charge in [0.1, 0.15) is 0 Å². The zero-order valence-corrected chi connectivity index (χ0v) is 14.6.